The Bertz CT molecular complexity index is 254. The smallest absolute Gasteiger partial charge is 0.242 e. The molecule has 0 saturated heterocycles. The van der Waals surface area contributed by atoms with Crippen molar-refractivity contribution < 1.29 is 9.59 Å². The van der Waals surface area contributed by atoms with E-state index in [9.17, 15) is 9.59 Å². The van der Waals surface area contributed by atoms with Gasteiger partial charge in [-0.2, -0.15) is 0 Å². The van der Waals surface area contributed by atoms with E-state index in [4.69, 9.17) is 0 Å². The molecule has 0 aliphatic heterocycles. The maximum absolute atomic E-state index is 12.1. The van der Waals surface area contributed by atoms with E-state index in [1.165, 1.54) is 0 Å². The molecular formula is C14H28N2O2. The second-order valence-electron chi connectivity index (χ2n) is 4.54. The molecule has 106 valence electrons. The van der Waals surface area contributed by atoms with Gasteiger partial charge in [0, 0.05) is 26.1 Å². The minimum atomic E-state index is 0.0669. The van der Waals surface area contributed by atoms with Gasteiger partial charge in [-0.25, -0.2) is 0 Å². The Morgan fingerprint density at radius 3 is 1.78 bits per heavy atom. The molecular weight excluding hydrogens is 228 g/mol. The van der Waals surface area contributed by atoms with Crippen LogP contribution in [0.5, 0.6) is 0 Å². The summed E-state index contributed by atoms with van der Waals surface area (Å²) in [6, 6.07) is 0. The van der Waals surface area contributed by atoms with E-state index in [0.717, 1.165) is 25.8 Å². The third kappa shape index (κ3) is 6.03. The molecule has 0 spiro atoms. The average molecular weight is 256 g/mol. The van der Waals surface area contributed by atoms with Crippen molar-refractivity contribution in [2.45, 2.75) is 53.4 Å². The Hall–Kier alpha value is -1.06. The molecule has 0 saturated carbocycles. The average Bonchev–Trinajstić information content (AvgIpc) is 2.35. The summed E-state index contributed by atoms with van der Waals surface area (Å²) in [5.41, 5.74) is 0. The molecule has 18 heavy (non-hydrogen) atoms. The van der Waals surface area contributed by atoms with E-state index >= 15 is 0 Å². The van der Waals surface area contributed by atoms with Crippen LogP contribution in [0.25, 0.3) is 0 Å². The van der Waals surface area contributed by atoms with Crippen molar-refractivity contribution in [2.24, 2.45) is 0 Å². The lowest BCUT2D eigenvalue weighted by atomic mass is 10.2. The fraction of sp³-hybridized carbons (Fsp3) is 0.857. The number of hydrogen-bond acceptors (Lipinski definition) is 2. The Kier molecular flexibility index (Phi) is 9.33. The highest BCUT2D eigenvalue weighted by Crippen LogP contribution is 2.02. The van der Waals surface area contributed by atoms with E-state index in [2.05, 4.69) is 6.92 Å². The van der Waals surface area contributed by atoms with E-state index < -0.39 is 0 Å². The van der Waals surface area contributed by atoms with Crippen LogP contribution < -0.4 is 0 Å². The monoisotopic (exact) mass is 256 g/mol. The molecule has 2 amide bonds. The van der Waals surface area contributed by atoms with Crippen molar-refractivity contribution >= 4 is 11.8 Å². The summed E-state index contributed by atoms with van der Waals surface area (Å²) in [5.74, 6) is 0.164. The molecule has 0 bridgehead atoms. The third-order valence-electron chi connectivity index (χ3n) is 2.86. The number of rotatable bonds is 9. The predicted octanol–water partition coefficient (Wildman–Crippen LogP) is 2.28. The Balaban J connectivity index is 4.46. The summed E-state index contributed by atoms with van der Waals surface area (Å²) >= 11 is 0. The van der Waals surface area contributed by atoms with Crippen molar-refractivity contribution in [3.63, 3.8) is 0 Å². The summed E-state index contributed by atoms with van der Waals surface area (Å²) in [5, 5.41) is 0. The standard InChI is InChI=1S/C14H28N2O2/c1-5-9-13(17)16(11-7-3)12-14(18)15(8-4)10-6-2/h5-12H2,1-4H3. The fourth-order valence-electron chi connectivity index (χ4n) is 1.93. The molecule has 4 heteroatoms. The summed E-state index contributed by atoms with van der Waals surface area (Å²) in [4.78, 5) is 27.5. The van der Waals surface area contributed by atoms with E-state index in [1.54, 1.807) is 4.90 Å². The molecule has 0 heterocycles. The van der Waals surface area contributed by atoms with Gasteiger partial charge in [-0.3, -0.25) is 9.59 Å². The van der Waals surface area contributed by atoms with Gasteiger partial charge < -0.3 is 9.80 Å². The van der Waals surface area contributed by atoms with Crippen molar-refractivity contribution in [3.8, 4) is 0 Å². The molecule has 0 unspecified atom stereocenters. The zero-order chi connectivity index (χ0) is 14.0. The molecule has 0 aliphatic carbocycles. The van der Waals surface area contributed by atoms with Crippen LogP contribution in [0.4, 0.5) is 0 Å². The van der Waals surface area contributed by atoms with Crippen LogP contribution in [0.3, 0.4) is 0 Å². The van der Waals surface area contributed by atoms with Crippen molar-refractivity contribution in [1.82, 2.24) is 9.80 Å². The third-order valence-corrected chi connectivity index (χ3v) is 2.86. The second-order valence-corrected chi connectivity index (χ2v) is 4.54. The largest absolute Gasteiger partial charge is 0.341 e. The fourth-order valence-corrected chi connectivity index (χ4v) is 1.93. The van der Waals surface area contributed by atoms with Gasteiger partial charge in [0.25, 0.3) is 0 Å². The van der Waals surface area contributed by atoms with Crippen LogP contribution in [-0.4, -0.2) is 47.8 Å². The summed E-state index contributed by atoms with van der Waals surface area (Å²) < 4.78 is 0. The van der Waals surface area contributed by atoms with E-state index in [1.807, 2.05) is 25.7 Å². The van der Waals surface area contributed by atoms with Crippen LogP contribution in [0.15, 0.2) is 0 Å². The van der Waals surface area contributed by atoms with Crippen LogP contribution in [-0.2, 0) is 9.59 Å². The van der Waals surface area contributed by atoms with Gasteiger partial charge in [0.2, 0.25) is 11.8 Å². The molecule has 0 radical (unpaired) electrons. The molecule has 0 fully saturated rings. The topological polar surface area (TPSA) is 40.6 Å². The maximum Gasteiger partial charge on any atom is 0.242 e. The van der Waals surface area contributed by atoms with Gasteiger partial charge in [0.1, 0.15) is 0 Å². The summed E-state index contributed by atoms with van der Waals surface area (Å²) in [6.07, 6.45) is 3.21. The van der Waals surface area contributed by atoms with Crippen molar-refractivity contribution in [1.29, 1.82) is 0 Å². The number of carbonyl (C=O) groups is 2. The highest BCUT2D eigenvalue weighted by Gasteiger charge is 2.18. The molecule has 0 aromatic carbocycles. The zero-order valence-corrected chi connectivity index (χ0v) is 12.4. The summed E-state index contributed by atoms with van der Waals surface area (Å²) in [6.45, 7) is 10.5. The first kappa shape index (κ1) is 16.9. The van der Waals surface area contributed by atoms with Gasteiger partial charge in [0.15, 0.2) is 0 Å². The number of amides is 2. The van der Waals surface area contributed by atoms with Gasteiger partial charge in [-0.1, -0.05) is 20.8 Å². The Morgan fingerprint density at radius 1 is 0.778 bits per heavy atom. The first-order valence-corrected chi connectivity index (χ1v) is 7.16. The predicted molar refractivity (Wildman–Crippen MR) is 74.3 cm³/mol. The lowest BCUT2D eigenvalue weighted by Gasteiger charge is -2.26. The number of hydrogen-bond donors (Lipinski definition) is 0. The highest BCUT2D eigenvalue weighted by atomic mass is 16.2. The first-order valence-electron chi connectivity index (χ1n) is 7.16. The SMILES string of the molecule is CCCC(=O)N(CCC)CC(=O)N(CC)CCC. The van der Waals surface area contributed by atoms with Gasteiger partial charge in [0.05, 0.1) is 6.54 Å². The molecule has 0 aliphatic rings. The number of likely N-dealkylation sites (N-methyl/N-ethyl adjacent to an activating group) is 1. The Morgan fingerprint density at radius 2 is 1.33 bits per heavy atom. The molecule has 0 aromatic rings. The second kappa shape index (κ2) is 9.92. The summed E-state index contributed by atoms with van der Waals surface area (Å²) in [7, 11) is 0. The van der Waals surface area contributed by atoms with Crippen molar-refractivity contribution in [2.75, 3.05) is 26.2 Å². The number of nitrogens with zero attached hydrogens (tertiary/aromatic N) is 2. The molecule has 0 rings (SSSR count). The molecule has 0 N–H and O–H groups in total. The van der Waals surface area contributed by atoms with E-state index in [0.29, 0.717) is 19.5 Å². The first-order chi connectivity index (χ1) is 8.60. The van der Waals surface area contributed by atoms with Crippen LogP contribution in [0.2, 0.25) is 0 Å². The maximum atomic E-state index is 12.1. The van der Waals surface area contributed by atoms with Gasteiger partial charge in [-0.15, -0.1) is 0 Å². The molecule has 0 atom stereocenters. The minimum absolute atomic E-state index is 0.0669. The molecule has 0 aromatic heterocycles. The normalized spacial score (nSPS) is 10.2. The van der Waals surface area contributed by atoms with Crippen molar-refractivity contribution in [3.05, 3.63) is 0 Å². The Labute approximate surface area is 111 Å². The number of carbonyl (C=O) groups excluding carboxylic acids is 2. The van der Waals surface area contributed by atoms with Gasteiger partial charge in [-0.05, 0) is 26.2 Å². The van der Waals surface area contributed by atoms with Crippen LogP contribution in [0.1, 0.15) is 53.4 Å². The quantitative estimate of drug-likeness (QED) is 0.635. The molecule has 4 nitrogen and oxygen atoms in total. The van der Waals surface area contributed by atoms with Gasteiger partial charge >= 0.3 is 0 Å². The lowest BCUT2D eigenvalue weighted by Crippen LogP contribution is -2.43. The van der Waals surface area contributed by atoms with Crippen LogP contribution in [0, 0.1) is 0 Å². The van der Waals surface area contributed by atoms with Crippen LogP contribution >= 0.6 is 0 Å². The minimum Gasteiger partial charge on any atom is -0.341 e. The zero-order valence-electron chi connectivity index (χ0n) is 12.4. The lowest BCUT2D eigenvalue weighted by molar-refractivity contribution is -0.140. The van der Waals surface area contributed by atoms with E-state index in [-0.39, 0.29) is 18.4 Å². The highest BCUT2D eigenvalue weighted by molar-refractivity contribution is 5.84.